The number of halogens is 1. The fourth-order valence-electron chi connectivity index (χ4n) is 3.68. The third-order valence-corrected chi connectivity index (χ3v) is 7.79. The van der Waals surface area contributed by atoms with Crippen molar-refractivity contribution in [1.82, 2.24) is 9.80 Å². The average Bonchev–Trinajstić information content (AvgIpc) is 2.97. The van der Waals surface area contributed by atoms with Gasteiger partial charge < -0.3 is 5.32 Å². The first kappa shape index (κ1) is 19.8. The van der Waals surface area contributed by atoms with Crippen molar-refractivity contribution in [1.29, 1.82) is 0 Å². The van der Waals surface area contributed by atoms with Crippen LogP contribution in [0.15, 0.2) is 22.7 Å². The van der Waals surface area contributed by atoms with Crippen molar-refractivity contribution in [3.63, 3.8) is 0 Å². The summed E-state index contributed by atoms with van der Waals surface area (Å²) in [6, 6.07) is 5.78. The maximum absolute atomic E-state index is 12.6. The van der Waals surface area contributed by atoms with Gasteiger partial charge in [0.25, 0.3) is 0 Å². The molecule has 0 radical (unpaired) electrons. The van der Waals surface area contributed by atoms with Crippen LogP contribution in [0.5, 0.6) is 0 Å². The third kappa shape index (κ3) is 4.65. The number of sulfone groups is 1. The molecule has 0 bridgehead atoms. The molecule has 144 valence electrons. The van der Waals surface area contributed by atoms with Crippen LogP contribution in [0.25, 0.3) is 0 Å². The van der Waals surface area contributed by atoms with Crippen LogP contribution in [0.2, 0.25) is 0 Å². The van der Waals surface area contributed by atoms with Gasteiger partial charge >= 0.3 is 0 Å². The van der Waals surface area contributed by atoms with Gasteiger partial charge in [0.2, 0.25) is 5.91 Å². The van der Waals surface area contributed by atoms with E-state index in [9.17, 15) is 13.2 Å². The SMILES string of the molecule is Cc1ccc(NC(=O)C(C)N2CCN(C3CCS(=O)(=O)C3)CC2)c(Br)c1. The topological polar surface area (TPSA) is 69.7 Å². The van der Waals surface area contributed by atoms with Gasteiger partial charge in [0.15, 0.2) is 9.84 Å². The Hall–Kier alpha value is -0.960. The van der Waals surface area contributed by atoms with Crippen LogP contribution < -0.4 is 5.32 Å². The Labute approximate surface area is 164 Å². The summed E-state index contributed by atoms with van der Waals surface area (Å²) in [4.78, 5) is 17.0. The fourth-order valence-corrected chi connectivity index (χ4v) is 6.03. The Morgan fingerprint density at radius 3 is 2.54 bits per heavy atom. The monoisotopic (exact) mass is 443 g/mol. The molecule has 1 N–H and O–H groups in total. The molecule has 2 aliphatic heterocycles. The molecule has 0 spiro atoms. The number of amides is 1. The minimum atomic E-state index is -2.85. The lowest BCUT2D eigenvalue weighted by Crippen LogP contribution is -2.55. The fraction of sp³-hybridized carbons (Fsp3) is 0.611. The lowest BCUT2D eigenvalue weighted by atomic mass is 10.1. The minimum absolute atomic E-state index is 0.0218. The van der Waals surface area contributed by atoms with Gasteiger partial charge in [-0.3, -0.25) is 14.6 Å². The molecule has 1 aromatic rings. The molecule has 2 fully saturated rings. The van der Waals surface area contributed by atoms with Crippen molar-refractivity contribution in [3.8, 4) is 0 Å². The minimum Gasteiger partial charge on any atom is -0.324 e. The maximum Gasteiger partial charge on any atom is 0.241 e. The van der Waals surface area contributed by atoms with Gasteiger partial charge in [0.05, 0.1) is 23.2 Å². The van der Waals surface area contributed by atoms with Crippen molar-refractivity contribution in [2.75, 3.05) is 43.0 Å². The van der Waals surface area contributed by atoms with Crippen LogP contribution in [0.4, 0.5) is 5.69 Å². The summed E-state index contributed by atoms with van der Waals surface area (Å²) in [7, 11) is -2.85. The second-order valence-corrected chi connectivity index (χ2v) is 10.4. The van der Waals surface area contributed by atoms with E-state index in [0.717, 1.165) is 48.3 Å². The van der Waals surface area contributed by atoms with Crippen LogP contribution in [0.1, 0.15) is 18.9 Å². The molecule has 1 aromatic carbocycles. The van der Waals surface area contributed by atoms with Crippen molar-refractivity contribution in [3.05, 3.63) is 28.2 Å². The number of hydrogen-bond acceptors (Lipinski definition) is 5. The maximum atomic E-state index is 12.6. The summed E-state index contributed by atoms with van der Waals surface area (Å²) >= 11 is 3.49. The molecule has 2 unspecified atom stereocenters. The van der Waals surface area contributed by atoms with Crippen LogP contribution in [0, 0.1) is 6.92 Å². The summed E-state index contributed by atoms with van der Waals surface area (Å²) < 4.78 is 24.2. The first-order valence-electron chi connectivity index (χ1n) is 9.01. The molecule has 8 heteroatoms. The highest BCUT2D eigenvalue weighted by molar-refractivity contribution is 9.10. The van der Waals surface area contributed by atoms with E-state index < -0.39 is 9.84 Å². The average molecular weight is 444 g/mol. The lowest BCUT2D eigenvalue weighted by Gasteiger charge is -2.39. The van der Waals surface area contributed by atoms with E-state index in [1.165, 1.54) is 0 Å². The number of carbonyl (C=O) groups excluding carboxylic acids is 1. The zero-order valence-corrected chi connectivity index (χ0v) is 17.6. The quantitative estimate of drug-likeness (QED) is 0.768. The predicted octanol–water partition coefficient (Wildman–Crippen LogP) is 1.89. The molecule has 0 aromatic heterocycles. The van der Waals surface area contributed by atoms with E-state index in [4.69, 9.17) is 0 Å². The van der Waals surface area contributed by atoms with Crippen molar-refractivity contribution in [2.45, 2.75) is 32.4 Å². The Morgan fingerprint density at radius 1 is 1.27 bits per heavy atom. The van der Waals surface area contributed by atoms with E-state index in [0.29, 0.717) is 5.75 Å². The van der Waals surface area contributed by atoms with Gasteiger partial charge in [0, 0.05) is 36.7 Å². The summed E-state index contributed by atoms with van der Waals surface area (Å²) in [5.41, 5.74) is 1.91. The van der Waals surface area contributed by atoms with Crippen molar-refractivity contribution < 1.29 is 13.2 Å². The number of benzene rings is 1. The molecule has 26 heavy (non-hydrogen) atoms. The lowest BCUT2D eigenvalue weighted by molar-refractivity contribution is -0.121. The second kappa shape index (κ2) is 7.96. The molecule has 2 atom stereocenters. The smallest absolute Gasteiger partial charge is 0.241 e. The highest BCUT2D eigenvalue weighted by Crippen LogP contribution is 2.24. The summed E-state index contributed by atoms with van der Waals surface area (Å²) in [5.74, 6) is 0.568. The van der Waals surface area contributed by atoms with E-state index in [1.54, 1.807) is 0 Å². The number of piperazine rings is 1. The molecule has 2 heterocycles. The predicted molar refractivity (Wildman–Crippen MR) is 107 cm³/mol. The van der Waals surface area contributed by atoms with Crippen molar-refractivity contribution in [2.24, 2.45) is 0 Å². The van der Waals surface area contributed by atoms with E-state index in [1.807, 2.05) is 32.0 Å². The van der Waals surface area contributed by atoms with E-state index in [2.05, 4.69) is 31.0 Å². The van der Waals surface area contributed by atoms with Gasteiger partial charge in [-0.2, -0.15) is 0 Å². The molecule has 0 saturated carbocycles. The first-order chi connectivity index (χ1) is 12.2. The summed E-state index contributed by atoms with van der Waals surface area (Å²) in [5, 5.41) is 2.99. The standard InChI is InChI=1S/C18H26BrN3O3S/c1-13-3-4-17(16(19)11-13)20-18(23)14(2)21-6-8-22(9-7-21)15-5-10-26(24,25)12-15/h3-4,11,14-15H,5-10,12H2,1-2H3,(H,20,23). The highest BCUT2D eigenvalue weighted by atomic mass is 79.9. The number of nitrogens with zero attached hydrogens (tertiary/aromatic N) is 2. The van der Waals surface area contributed by atoms with E-state index in [-0.39, 0.29) is 23.7 Å². The molecule has 6 nitrogen and oxygen atoms in total. The Balaban J connectivity index is 1.53. The Bertz CT molecular complexity index is 776. The molecule has 0 aliphatic carbocycles. The number of hydrogen-bond donors (Lipinski definition) is 1. The molecule has 3 rings (SSSR count). The molecule has 2 aliphatic rings. The van der Waals surface area contributed by atoms with Gasteiger partial charge in [-0.1, -0.05) is 6.07 Å². The van der Waals surface area contributed by atoms with Crippen LogP contribution in [0.3, 0.4) is 0 Å². The molecular weight excluding hydrogens is 418 g/mol. The van der Waals surface area contributed by atoms with E-state index >= 15 is 0 Å². The normalized spacial score (nSPS) is 25.1. The van der Waals surface area contributed by atoms with Gasteiger partial charge in [-0.05, 0) is 53.9 Å². The highest BCUT2D eigenvalue weighted by Gasteiger charge is 2.35. The van der Waals surface area contributed by atoms with Crippen LogP contribution in [-0.4, -0.2) is 73.9 Å². The molecule has 1 amide bonds. The van der Waals surface area contributed by atoms with Crippen LogP contribution >= 0.6 is 15.9 Å². The number of rotatable bonds is 4. The van der Waals surface area contributed by atoms with Gasteiger partial charge in [-0.25, -0.2) is 8.42 Å². The Kier molecular flexibility index (Phi) is 6.06. The summed E-state index contributed by atoms with van der Waals surface area (Å²) in [6.07, 6.45) is 0.736. The number of aryl methyl sites for hydroxylation is 1. The first-order valence-corrected chi connectivity index (χ1v) is 11.6. The zero-order valence-electron chi connectivity index (χ0n) is 15.2. The number of carbonyl (C=O) groups is 1. The third-order valence-electron chi connectivity index (χ3n) is 5.38. The largest absolute Gasteiger partial charge is 0.324 e. The molecular formula is C18H26BrN3O3S. The number of anilines is 1. The zero-order chi connectivity index (χ0) is 18.9. The Morgan fingerprint density at radius 2 is 1.96 bits per heavy atom. The van der Waals surface area contributed by atoms with Gasteiger partial charge in [0.1, 0.15) is 0 Å². The number of nitrogens with one attached hydrogen (secondary N) is 1. The molecule has 2 saturated heterocycles. The second-order valence-electron chi connectivity index (χ2n) is 7.28. The van der Waals surface area contributed by atoms with Crippen molar-refractivity contribution >= 4 is 37.4 Å². The van der Waals surface area contributed by atoms with Gasteiger partial charge in [-0.15, -0.1) is 0 Å². The summed E-state index contributed by atoms with van der Waals surface area (Å²) in [6.45, 7) is 7.11. The van der Waals surface area contributed by atoms with Crippen LogP contribution in [-0.2, 0) is 14.6 Å².